The first kappa shape index (κ1) is 32.8. The second kappa shape index (κ2) is 13.2. The largest absolute Gasteiger partial charge is 0.497 e. The second-order valence-corrected chi connectivity index (χ2v) is 11.9. The average molecular weight is 656 g/mol. The molecule has 1 amide bonds. The molecular weight excluding hydrogens is 618 g/mol. The summed E-state index contributed by atoms with van der Waals surface area (Å²) < 4.78 is 18.5. The predicted molar refractivity (Wildman–Crippen MR) is 176 cm³/mol. The minimum absolute atomic E-state index is 0.00354. The molecule has 1 fully saturated rings. The van der Waals surface area contributed by atoms with Crippen molar-refractivity contribution >= 4 is 23.0 Å². The minimum Gasteiger partial charge on any atom is -0.497 e. The van der Waals surface area contributed by atoms with Gasteiger partial charge in [0.2, 0.25) is 11.9 Å². The van der Waals surface area contributed by atoms with Gasteiger partial charge < -0.3 is 29.5 Å². The molecule has 5 atom stereocenters. The number of fused-ring (bicyclic) bond motifs is 1. The molecular formula is C35H37N5O8. The predicted octanol–water partition coefficient (Wildman–Crippen LogP) is 2.75. The number of aromatic amines is 1. The van der Waals surface area contributed by atoms with E-state index in [-0.39, 0.29) is 28.9 Å². The molecule has 6 rings (SSSR count). The maximum Gasteiger partial charge on any atom is 0.280 e. The Morgan fingerprint density at radius 1 is 0.917 bits per heavy atom. The van der Waals surface area contributed by atoms with Crippen molar-refractivity contribution < 1.29 is 34.3 Å². The Morgan fingerprint density at radius 3 is 2.02 bits per heavy atom. The number of carbonyl (C=O) groups excluding carboxylic acids is 1. The molecule has 1 saturated heterocycles. The van der Waals surface area contributed by atoms with Crippen LogP contribution in [0.25, 0.3) is 11.2 Å². The summed E-state index contributed by atoms with van der Waals surface area (Å²) in [5.74, 6) is 0.356. The average Bonchev–Trinajstić information content (AvgIpc) is 3.66. The number of aliphatic hydroxyl groups is 3. The Bertz CT molecular complexity index is 1890. The van der Waals surface area contributed by atoms with Gasteiger partial charge in [0.1, 0.15) is 35.9 Å². The van der Waals surface area contributed by atoms with Crippen LogP contribution >= 0.6 is 0 Å². The van der Waals surface area contributed by atoms with E-state index in [0.29, 0.717) is 28.2 Å². The summed E-state index contributed by atoms with van der Waals surface area (Å²) in [6, 6.07) is 23.8. The van der Waals surface area contributed by atoms with Gasteiger partial charge in [-0.2, -0.15) is 4.98 Å². The highest BCUT2D eigenvalue weighted by molar-refractivity contribution is 5.91. The van der Waals surface area contributed by atoms with Crippen molar-refractivity contribution in [3.8, 4) is 11.5 Å². The quantitative estimate of drug-likeness (QED) is 0.140. The van der Waals surface area contributed by atoms with Gasteiger partial charge in [0.05, 0.1) is 26.0 Å². The number of H-pyrrole nitrogens is 1. The van der Waals surface area contributed by atoms with Gasteiger partial charge in [0.15, 0.2) is 17.4 Å². The zero-order valence-electron chi connectivity index (χ0n) is 26.8. The standard InChI is InChI=1S/C35H37N5O8/c1-19(2)31(44)38-34-37-30-25(32(45)39-34)36-18-40(30)33-27(42)26(41)28(48-33)29(43)35(20-8-6-5-7-9-20,21-10-14-23(46-3)15-11-21)22-12-16-24(47-4)17-13-22/h5-19,26-29,33,41-43H,1-4H3,(H2,37,38,39,44,45)/t26-,27+,28-,29+,33+/m0/s1. The molecule has 5 N–H and O–H groups in total. The van der Waals surface area contributed by atoms with Crippen LogP contribution in [0.15, 0.2) is 90.0 Å². The van der Waals surface area contributed by atoms with Crippen molar-refractivity contribution in [1.82, 2.24) is 19.5 Å². The highest BCUT2D eigenvalue weighted by Gasteiger charge is 2.55. The summed E-state index contributed by atoms with van der Waals surface area (Å²) >= 11 is 0. The number of hydrogen-bond donors (Lipinski definition) is 5. The minimum atomic E-state index is -1.59. The van der Waals surface area contributed by atoms with Gasteiger partial charge >= 0.3 is 0 Å². The van der Waals surface area contributed by atoms with Gasteiger partial charge in [-0.3, -0.25) is 24.5 Å². The van der Waals surface area contributed by atoms with Gasteiger partial charge in [0, 0.05) is 5.92 Å². The number of hydrogen-bond acceptors (Lipinski definition) is 10. The fourth-order valence-electron chi connectivity index (χ4n) is 6.28. The Morgan fingerprint density at radius 2 is 1.48 bits per heavy atom. The lowest BCUT2D eigenvalue weighted by Crippen LogP contribution is -2.52. The second-order valence-electron chi connectivity index (χ2n) is 11.9. The number of rotatable bonds is 10. The zero-order valence-corrected chi connectivity index (χ0v) is 26.8. The number of anilines is 1. The molecule has 0 spiro atoms. The third-order valence-electron chi connectivity index (χ3n) is 8.82. The van der Waals surface area contributed by atoms with Gasteiger partial charge in [-0.15, -0.1) is 0 Å². The lowest BCUT2D eigenvalue weighted by atomic mass is 9.64. The van der Waals surface area contributed by atoms with E-state index in [9.17, 15) is 24.9 Å². The SMILES string of the molecule is COc1ccc(C(c2ccccc2)(c2ccc(OC)cc2)[C@H](O)[C@H]2O[C@@H](n3cnc4c(=O)[nH]c(NC(=O)C(C)C)nc43)[C@H](O)[C@@H]2O)cc1. The van der Waals surface area contributed by atoms with Crippen molar-refractivity contribution in [3.63, 3.8) is 0 Å². The number of amides is 1. The fourth-order valence-corrected chi connectivity index (χ4v) is 6.28. The van der Waals surface area contributed by atoms with Crippen LogP contribution in [0.5, 0.6) is 11.5 Å². The van der Waals surface area contributed by atoms with Gasteiger partial charge in [-0.25, -0.2) is 4.98 Å². The van der Waals surface area contributed by atoms with E-state index in [1.165, 1.54) is 10.9 Å². The van der Waals surface area contributed by atoms with E-state index < -0.39 is 41.6 Å². The number of aromatic nitrogens is 4. The first-order valence-corrected chi connectivity index (χ1v) is 15.4. The summed E-state index contributed by atoms with van der Waals surface area (Å²) in [6.45, 7) is 3.39. The molecule has 250 valence electrons. The highest BCUT2D eigenvalue weighted by atomic mass is 16.6. The van der Waals surface area contributed by atoms with Gasteiger partial charge in [-0.1, -0.05) is 68.4 Å². The van der Waals surface area contributed by atoms with E-state index in [0.717, 1.165) is 0 Å². The van der Waals surface area contributed by atoms with E-state index in [1.54, 1.807) is 52.3 Å². The molecule has 0 unspecified atom stereocenters. The Hall–Kier alpha value is -5.08. The van der Waals surface area contributed by atoms with Gasteiger partial charge in [-0.05, 0) is 41.0 Å². The van der Waals surface area contributed by atoms with Crippen molar-refractivity contribution in [2.45, 2.75) is 49.9 Å². The van der Waals surface area contributed by atoms with E-state index in [1.807, 2.05) is 54.6 Å². The molecule has 0 bridgehead atoms. The smallest absolute Gasteiger partial charge is 0.280 e. The zero-order chi connectivity index (χ0) is 34.2. The number of nitrogens with zero attached hydrogens (tertiary/aromatic N) is 3. The molecule has 1 aliphatic heterocycles. The third kappa shape index (κ3) is 5.60. The van der Waals surface area contributed by atoms with Crippen molar-refractivity contribution in [2.75, 3.05) is 19.5 Å². The summed E-state index contributed by atoms with van der Waals surface area (Å²) in [5, 5.41) is 38.2. The Kier molecular flexibility index (Phi) is 9.03. The van der Waals surface area contributed by atoms with Crippen LogP contribution in [-0.2, 0) is 14.9 Å². The van der Waals surface area contributed by atoms with Crippen LogP contribution in [-0.4, -0.2) is 79.4 Å². The molecule has 48 heavy (non-hydrogen) atoms. The monoisotopic (exact) mass is 655 g/mol. The molecule has 0 saturated carbocycles. The maximum absolute atomic E-state index is 12.9. The molecule has 3 aromatic carbocycles. The molecule has 2 aromatic heterocycles. The van der Waals surface area contributed by atoms with Crippen LogP contribution in [0.2, 0.25) is 0 Å². The first-order valence-electron chi connectivity index (χ1n) is 15.4. The lowest BCUT2D eigenvalue weighted by molar-refractivity contribution is -0.118. The van der Waals surface area contributed by atoms with Crippen molar-refractivity contribution in [2.24, 2.45) is 5.92 Å². The lowest BCUT2D eigenvalue weighted by Gasteiger charge is -2.42. The fraction of sp³-hybridized carbons (Fsp3) is 0.314. The molecule has 3 heterocycles. The Balaban J connectivity index is 1.48. The summed E-state index contributed by atoms with van der Waals surface area (Å²) in [6.07, 6.45) is -6.08. The molecule has 0 aliphatic carbocycles. The number of carbonyl (C=O) groups is 1. The van der Waals surface area contributed by atoms with Crippen molar-refractivity contribution in [1.29, 1.82) is 0 Å². The molecule has 13 nitrogen and oxygen atoms in total. The number of nitrogens with one attached hydrogen (secondary N) is 2. The Labute approximate surface area is 275 Å². The number of methoxy groups -OCH3 is 2. The van der Waals surface area contributed by atoms with E-state index in [4.69, 9.17) is 14.2 Å². The number of ether oxygens (including phenoxy) is 3. The van der Waals surface area contributed by atoms with Crippen LogP contribution < -0.4 is 20.3 Å². The third-order valence-corrected chi connectivity index (χ3v) is 8.82. The molecule has 1 aliphatic rings. The summed E-state index contributed by atoms with van der Waals surface area (Å²) in [7, 11) is 3.12. The van der Waals surface area contributed by atoms with Crippen molar-refractivity contribution in [3.05, 3.63) is 112 Å². The normalized spacial score (nSPS) is 20.2. The maximum atomic E-state index is 12.9. The summed E-state index contributed by atoms with van der Waals surface area (Å²) in [4.78, 5) is 36.2. The number of imidazole rings is 1. The van der Waals surface area contributed by atoms with Crippen LogP contribution in [0, 0.1) is 5.92 Å². The van der Waals surface area contributed by atoms with E-state index >= 15 is 0 Å². The first-order chi connectivity index (χ1) is 23.1. The van der Waals surface area contributed by atoms with Crippen LogP contribution in [0.3, 0.4) is 0 Å². The highest BCUT2D eigenvalue weighted by Crippen LogP contribution is 2.47. The topological polar surface area (TPSA) is 181 Å². The van der Waals surface area contributed by atoms with Crippen LogP contribution in [0.1, 0.15) is 36.8 Å². The van der Waals surface area contributed by atoms with Crippen LogP contribution in [0.4, 0.5) is 5.95 Å². The molecule has 5 aromatic rings. The van der Waals surface area contributed by atoms with E-state index in [2.05, 4.69) is 20.3 Å². The van der Waals surface area contributed by atoms with Gasteiger partial charge in [0.25, 0.3) is 5.56 Å². The molecule has 13 heteroatoms. The number of benzene rings is 3. The number of aliphatic hydroxyl groups excluding tert-OH is 3. The molecule has 0 radical (unpaired) electrons. The summed E-state index contributed by atoms with van der Waals surface area (Å²) in [5.41, 5.74) is -0.0232.